The van der Waals surface area contributed by atoms with Gasteiger partial charge in [0.25, 0.3) is 0 Å². The summed E-state index contributed by atoms with van der Waals surface area (Å²) in [6.45, 7) is 3.62. The molecule has 1 N–H and O–H groups in total. The van der Waals surface area contributed by atoms with Crippen molar-refractivity contribution in [1.29, 1.82) is 5.26 Å². The van der Waals surface area contributed by atoms with Gasteiger partial charge in [-0.2, -0.15) is 5.26 Å². The summed E-state index contributed by atoms with van der Waals surface area (Å²) < 4.78 is 0. The quantitative estimate of drug-likeness (QED) is 0.710. The monoisotopic (exact) mass is 169 g/mol. The third-order valence-electron chi connectivity index (χ3n) is 1.89. The minimum absolute atomic E-state index is 0.623. The lowest BCUT2D eigenvalue weighted by Crippen LogP contribution is -1.80. The van der Waals surface area contributed by atoms with Crippen molar-refractivity contribution in [2.75, 3.05) is 0 Å². The van der Waals surface area contributed by atoms with Crippen LogP contribution in [0.2, 0.25) is 0 Å². The maximum atomic E-state index is 8.73. The van der Waals surface area contributed by atoms with E-state index in [1.165, 1.54) is 0 Å². The van der Waals surface area contributed by atoms with Crippen molar-refractivity contribution in [2.45, 2.75) is 0 Å². The van der Waals surface area contributed by atoms with Crippen LogP contribution in [0.4, 0.5) is 0 Å². The third-order valence-corrected chi connectivity index (χ3v) is 1.89. The van der Waals surface area contributed by atoms with Crippen LogP contribution in [0.15, 0.2) is 24.9 Å². The Bertz CT molecular complexity index is 502. The number of fused-ring (bicyclic) bond motifs is 1. The molecule has 2 heterocycles. The summed E-state index contributed by atoms with van der Waals surface area (Å²) in [5.74, 6) is 0. The molecule has 0 unspecified atom stereocenters. The van der Waals surface area contributed by atoms with Crippen molar-refractivity contribution in [3.63, 3.8) is 0 Å². The first-order valence-corrected chi connectivity index (χ1v) is 3.86. The Morgan fingerprint density at radius 1 is 1.54 bits per heavy atom. The summed E-state index contributed by atoms with van der Waals surface area (Å²) in [7, 11) is 0. The zero-order chi connectivity index (χ0) is 9.26. The van der Waals surface area contributed by atoms with Gasteiger partial charge < -0.3 is 4.98 Å². The molecule has 62 valence electrons. The number of nitrogens with one attached hydrogen (secondary N) is 1. The van der Waals surface area contributed by atoms with E-state index in [4.69, 9.17) is 5.26 Å². The molecule has 13 heavy (non-hydrogen) atoms. The van der Waals surface area contributed by atoms with Gasteiger partial charge >= 0.3 is 0 Å². The van der Waals surface area contributed by atoms with Gasteiger partial charge in [0.1, 0.15) is 11.7 Å². The standard InChI is InChI=1S/C10H7N3/c1-2-8-3-4-9-7(5-11)6-12-10(9)13-8/h2-4,6H,1H2,(H,12,13). The molecule has 0 aliphatic rings. The average molecular weight is 169 g/mol. The highest BCUT2D eigenvalue weighted by Crippen LogP contribution is 2.15. The number of hydrogen-bond acceptors (Lipinski definition) is 2. The van der Waals surface area contributed by atoms with Crippen molar-refractivity contribution in [3.8, 4) is 6.07 Å². The van der Waals surface area contributed by atoms with Gasteiger partial charge in [0.05, 0.1) is 11.3 Å². The smallest absolute Gasteiger partial charge is 0.139 e. The Morgan fingerprint density at radius 2 is 2.38 bits per heavy atom. The van der Waals surface area contributed by atoms with Crippen LogP contribution in [0, 0.1) is 11.3 Å². The van der Waals surface area contributed by atoms with Gasteiger partial charge in [0.15, 0.2) is 0 Å². The molecule has 0 spiro atoms. The van der Waals surface area contributed by atoms with Crippen molar-refractivity contribution < 1.29 is 0 Å². The Hall–Kier alpha value is -2.08. The van der Waals surface area contributed by atoms with E-state index in [2.05, 4.69) is 22.6 Å². The Kier molecular flexibility index (Phi) is 1.60. The lowest BCUT2D eigenvalue weighted by molar-refractivity contribution is 1.30. The highest BCUT2D eigenvalue weighted by Gasteiger charge is 2.02. The number of pyridine rings is 1. The van der Waals surface area contributed by atoms with E-state index in [0.29, 0.717) is 5.56 Å². The SMILES string of the molecule is C=Cc1ccc2c(C#N)c[nH]c2n1. The molecule has 0 radical (unpaired) electrons. The van der Waals surface area contributed by atoms with Crippen molar-refractivity contribution in [2.24, 2.45) is 0 Å². The first-order valence-electron chi connectivity index (χ1n) is 3.86. The van der Waals surface area contributed by atoms with Crippen LogP contribution in [-0.4, -0.2) is 9.97 Å². The summed E-state index contributed by atoms with van der Waals surface area (Å²) in [5, 5.41) is 9.59. The molecule has 0 aromatic carbocycles. The second-order valence-corrected chi connectivity index (χ2v) is 2.65. The van der Waals surface area contributed by atoms with E-state index in [1.54, 1.807) is 12.3 Å². The molecule has 2 aromatic heterocycles. The maximum absolute atomic E-state index is 8.73. The van der Waals surface area contributed by atoms with Gasteiger partial charge in [-0.1, -0.05) is 6.58 Å². The molecular weight excluding hydrogens is 162 g/mol. The summed E-state index contributed by atoms with van der Waals surface area (Å²) in [6, 6.07) is 5.80. The van der Waals surface area contributed by atoms with Crippen LogP contribution in [0.1, 0.15) is 11.3 Å². The predicted molar refractivity (Wildman–Crippen MR) is 50.9 cm³/mol. The Balaban J connectivity index is 2.76. The lowest BCUT2D eigenvalue weighted by Gasteiger charge is -1.92. The molecule has 2 rings (SSSR count). The molecule has 3 heteroatoms. The second-order valence-electron chi connectivity index (χ2n) is 2.65. The topological polar surface area (TPSA) is 52.5 Å². The summed E-state index contributed by atoms with van der Waals surface area (Å²) in [5.41, 5.74) is 2.16. The molecule has 0 aliphatic carbocycles. The van der Waals surface area contributed by atoms with E-state index >= 15 is 0 Å². The fourth-order valence-corrected chi connectivity index (χ4v) is 1.23. The summed E-state index contributed by atoms with van der Waals surface area (Å²) >= 11 is 0. The van der Waals surface area contributed by atoms with Crippen LogP contribution in [-0.2, 0) is 0 Å². The zero-order valence-corrected chi connectivity index (χ0v) is 6.91. The number of nitriles is 1. The van der Waals surface area contributed by atoms with Crippen LogP contribution in [0.5, 0.6) is 0 Å². The van der Waals surface area contributed by atoms with Crippen LogP contribution in [0.3, 0.4) is 0 Å². The Labute approximate surface area is 75.3 Å². The van der Waals surface area contributed by atoms with Crippen molar-refractivity contribution in [3.05, 3.63) is 36.2 Å². The highest BCUT2D eigenvalue weighted by molar-refractivity contribution is 5.83. The molecule has 2 aromatic rings. The van der Waals surface area contributed by atoms with Gasteiger partial charge in [0, 0.05) is 11.6 Å². The Morgan fingerprint density at radius 3 is 3.08 bits per heavy atom. The molecule has 3 nitrogen and oxygen atoms in total. The molecule has 0 aliphatic heterocycles. The normalized spacial score (nSPS) is 9.77. The van der Waals surface area contributed by atoms with Gasteiger partial charge in [-0.05, 0) is 18.2 Å². The average Bonchev–Trinajstić information content (AvgIpc) is 2.59. The van der Waals surface area contributed by atoms with Gasteiger partial charge in [-0.3, -0.25) is 0 Å². The fraction of sp³-hybridized carbons (Fsp3) is 0. The van der Waals surface area contributed by atoms with Crippen LogP contribution >= 0.6 is 0 Å². The van der Waals surface area contributed by atoms with Crippen LogP contribution < -0.4 is 0 Å². The molecular formula is C10H7N3. The molecule has 0 atom stereocenters. The van der Waals surface area contributed by atoms with E-state index in [0.717, 1.165) is 16.7 Å². The second kappa shape index (κ2) is 2.76. The zero-order valence-electron chi connectivity index (χ0n) is 6.91. The largest absolute Gasteiger partial charge is 0.345 e. The fourth-order valence-electron chi connectivity index (χ4n) is 1.23. The van der Waals surface area contributed by atoms with Crippen LogP contribution in [0.25, 0.3) is 17.1 Å². The number of hydrogen-bond donors (Lipinski definition) is 1. The number of aromatic amines is 1. The lowest BCUT2D eigenvalue weighted by atomic mass is 10.2. The highest BCUT2D eigenvalue weighted by atomic mass is 14.8. The molecule has 0 fully saturated rings. The summed E-state index contributed by atoms with van der Waals surface area (Å²) in [6.07, 6.45) is 3.33. The molecule has 0 amide bonds. The number of aromatic nitrogens is 2. The van der Waals surface area contributed by atoms with Crippen molar-refractivity contribution >= 4 is 17.1 Å². The summed E-state index contributed by atoms with van der Waals surface area (Å²) in [4.78, 5) is 7.17. The number of nitrogens with zero attached hydrogens (tertiary/aromatic N) is 2. The molecule has 0 saturated heterocycles. The predicted octanol–water partition coefficient (Wildman–Crippen LogP) is 2.08. The van der Waals surface area contributed by atoms with E-state index in [1.807, 2.05) is 12.1 Å². The molecule has 0 bridgehead atoms. The number of rotatable bonds is 1. The van der Waals surface area contributed by atoms with E-state index < -0.39 is 0 Å². The van der Waals surface area contributed by atoms with Crippen molar-refractivity contribution in [1.82, 2.24) is 9.97 Å². The van der Waals surface area contributed by atoms with Gasteiger partial charge in [-0.15, -0.1) is 0 Å². The van der Waals surface area contributed by atoms with Gasteiger partial charge in [0.2, 0.25) is 0 Å². The minimum Gasteiger partial charge on any atom is -0.345 e. The number of H-pyrrole nitrogens is 1. The third kappa shape index (κ3) is 1.09. The first-order chi connectivity index (χ1) is 6.35. The maximum Gasteiger partial charge on any atom is 0.139 e. The van der Waals surface area contributed by atoms with E-state index in [-0.39, 0.29) is 0 Å². The molecule has 0 saturated carbocycles. The van der Waals surface area contributed by atoms with Gasteiger partial charge in [-0.25, -0.2) is 4.98 Å². The first kappa shape index (κ1) is 7.56. The minimum atomic E-state index is 0.623. The van der Waals surface area contributed by atoms with E-state index in [9.17, 15) is 0 Å².